The van der Waals surface area contributed by atoms with Gasteiger partial charge in [-0.1, -0.05) is 18.7 Å². The van der Waals surface area contributed by atoms with Crippen LogP contribution in [0.3, 0.4) is 0 Å². The van der Waals surface area contributed by atoms with E-state index in [1.165, 1.54) is 6.07 Å². The van der Waals surface area contributed by atoms with Crippen molar-refractivity contribution < 1.29 is 9.21 Å². The van der Waals surface area contributed by atoms with Gasteiger partial charge in [0.15, 0.2) is 5.78 Å². The first kappa shape index (κ1) is 10.4. The van der Waals surface area contributed by atoms with Gasteiger partial charge in [-0.25, -0.2) is 4.79 Å². The fourth-order valence-corrected chi connectivity index (χ4v) is 1.50. The molecule has 0 atom stereocenters. The Kier molecular flexibility index (Phi) is 2.44. The molecule has 0 spiro atoms. The first-order valence-electron chi connectivity index (χ1n) is 4.83. The normalized spacial score (nSPS) is 10.3. The summed E-state index contributed by atoms with van der Waals surface area (Å²) >= 11 is 0. The number of rotatable bonds is 2. The summed E-state index contributed by atoms with van der Waals surface area (Å²) in [6.45, 7) is 5.25. The first-order chi connectivity index (χ1) is 7.61. The Hall–Kier alpha value is -2.16. The van der Waals surface area contributed by atoms with Crippen molar-refractivity contribution in [3.05, 3.63) is 58.5 Å². The zero-order valence-electron chi connectivity index (χ0n) is 8.82. The molecule has 0 saturated heterocycles. The zero-order valence-corrected chi connectivity index (χ0v) is 8.82. The summed E-state index contributed by atoms with van der Waals surface area (Å²) < 4.78 is 5.07. The Bertz CT molecular complexity index is 635. The number of hydrogen-bond donors (Lipinski definition) is 0. The van der Waals surface area contributed by atoms with Crippen molar-refractivity contribution in [1.29, 1.82) is 0 Å². The van der Waals surface area contributed by atoms with Crippen LogP contribution in [-0.4, -0.2) is 5.78 Å². The van der Waals surface area contributed by atoms with Gasteiger partial charge in [-0.3, -0.25) is 4.79 Å². The van der Waals surface area contributed by atoms with Gasteiger partial charge in [0.2, 0.25) is 0 Å². The van der Waals surface area contributed by atoms with Gasteiger partial charge in [-0.15, -0.1) is 0 Å². The molecular formula is C13H10O3. The van der Waals surface area contributed by atoms with Crippen molar-refractivity contribution in [2.24, 2.45) is 0 Å². The van der Waals surface area contributed by atoms with Gasteiger partial charge in [0, 0.05) is 5.39 Å². The van der Waals surface area contributed by atoms with Gasteiger partial charge in [-0.05, 0) is 30.7 Å². The molecule has 0 bridgehead atoms. The second kappa shape index (κ2) is 3.77. The lowest BCUT2D eigenvalue weighted by Gasteiger charge is -2.00. The molecule has 0 aliphatic rings. The molecule has 1 aromatic carbocycles. The van der Waals surface area contributed by atoms with Gasteiger partial charge in [0.1, 0.15) is 11.1 Å². The maximum Gasteiger partial charge on any atom is 0.347 e. The molecule has 0 N–H and O–H groups in total. The number of carbonyl (C=O) groups excluding carboxylic acids is 1. The molecule has 1 aromatic heterocycles. The highest BCUT2D eigenvalue weighted by Crippen LogP contribution is 2.15. The number of fused-ring (bicyclic) bond motifs is 1. The van der Waals surface area contributed by atoms with E-state index in [0.717, 1.165) is 17.0 Å². The van der Waals surface area contributed by atoms with Crippen molar-refractivity contribution in [1.82, 2.24) is 0 Å². The van der Waals surface area contributed by atoms with E-state index < -0.39 is 11.4 Å². The second-order valence-electron chi connectivity index (χ2n) is 3.56. The number of aryl methyl sites for hydroxylation is 1. The van der Waals surface area contributed by atoms with Crippen LogP contribution in [0.25, 0.3) is 11.0 Å². The van der Waals surface area contributed by atoms with Crippen molar-refractivity contribution in [3.8, 4) is 0 Å². The van der Waals surface area contributed by atoms with E-state index in [-0.39, 0.29) is 5.56 Å². The summed E-state index contributed by atoms with van der Waals surface area (Å²) in [6.07, 6.45) is 1.10. The summed E-state index contributed by atoms with van der Waals surface area (Å²) in [5, 5.41) is 0.732. The molecule has 0 radical (unpaired) electrons. The fraction of sp³-hybridized carbons (Fsp3) is 0.0769. The molecular weight excluding hydrogens is 204 g/mol. The molecule has 2 rings (SSSR count). The summed E-state index contributed by atoms with van der Waals surface area (Å²) in [5.74, 6) is -0.420. The molecule has 3 nitrogen and oxygen atoms in total. The van der Waals surface area contributed by atoms with Gasteiger partial charge in [-0.2, -0.15) is 0 Å². The van der Waals surface area contributed by atoms with Crippen LogP contribution in [0.5, 0.6) is 0 Å². The van der Waals surface area contributed by atoms with Gasteiger partial charge in [0.25, 0.3) is 0 Å². The fourth-order valence-electron chi connectivity index (χ4n) is 1.50. The SMILES string of the molecule is C=CC(=O)c1cc2ccc(C)cc2oc1=O. The molecule has 16 heavy (non-hydrogen) atoms. The van der Waals surface area contributed by atoms with Crippen LogP contribution in [0, 0.1) is 6.92 Å². The molecule has 80 valence electrons. The van der Waals surface area contributed by atoms with E-state index in [2.05, 4.69) is 6.58 Å². The molecule has 0 fully saturated rings. The maximum absolute atomic E-state index is 11.5. The lowest BCUT2D eigenvalue weighted by Crippen LogP contribution is -2.11. The van der Waals surface area contributed by atoms with E-state index in [9.17, 15) is 9.59 Å². The van der Waals surface area contributed by atoms with Crippen molar-refractivity contribution in [3.63, 3.8) is 0 Å². The van der Waals surface area contributed by atoms with Crippen molar-refractivity contribution in [2.75, 3.05) is 0 Å². The predicted octanol–water partition coefficient (Wildman–Crippen LogP) is 2.47. The molecule has 0 unspecified atom stereocenters. The highest BCUT2D eigenvalue weighted by molar-refractivity contribution is 6.05. The monoisotopic (exact) mass is 214 g/mol. The van der Waals surface area contributed by atoms with Crippen molar-refractivity contribution in [2.45, 2.75) is 6.92 Å². The van der Waals surface area contributed by atoms with E-state index >= 15 is 0 Å². The van der Waals surface area contributed by atoms with Crippen LogP contribution in [0.1, 0.15) is 15.9 Å². The van der Waals surface area contributed by atoms with Crippen LogP contribution < -0.4 is 5.63 Å². The van der Waals surface area contributed by atoms with Crippen molar-refractivity contribution >= 4 is 16.8 Å². The van der Waals surface area contributed by atoms with Crippen LogP contribution in [0.4, 0.5) is 0 Å². The highest BCUT2D eigenvalue weighted by Gasteiger charge is 2.10. The van der Waals surface area contributed by atoms with E-state index in [4.69, 9.17) is 4.42 Å². The first-order valence-corrected chi connectivity index (χ1v) is 4.83. The minimum atomic E-state index is -0.622. The summed E-state index contributed by atoms with van der Waals surface area (Å²) in [6, 6.07) is 7.00. The average molecular weight is 214 g/mol. The van der Waals surface area contributed by atoms with Gasteiger partial charge < -0.3 is 4.42 Å². The number of carbonyl (C=O) groups is 1. The van der Waals surface area contributed by atoms with Gasteiger partial charge in [0.05, 0.1) is 0 Å². The Morgan fingerprint density at radius 1 is 1.38 bits per heavy atom. The summed E-state index contributed by atoms with van der Waals surface area (Å²) in [5.41, 5.74) is 0.887. The molecule has 0 aliphatic heterocycles. The highest BCUT2D eigenvalue weighted by atomic mass is 16.4. The molecule has 1 heterocycles. The Morgan fingerprint density at radius 2 is 2.12 bits per heavy atom. The van der Waals surface area contributed by atoms with Gasteiger partial charge >= 0.3 is 5.63 Å². The second-order valence-corrected chi connectivity index (χ2v) is 3.56. The third kappa shape index (κ3) is 1.67. The number of allylic oxidation sites excluding steroid dienone is 1. The standard InChI is InChI=1S/C13H10O3/c1-3-11(14)10-7-9-5-4-8(2)6-12(9)16-13(10)15/h3-7H,1H2,2H3. The van der Waals surface area contributed by atoms with Crippen LogP contribution in [-0.2, 0) is 0 Å². The summed E-state index contributed by atoms with van der Waals surface area (Å²) in [7, 11) is 0. The van der Waals surface area contributed by atoms with E-state index in [1.807, 2.05) is 19.1 Å². The van der Waals surface area contributed by atoms with Crippen LogP contribution in [0.2, 0.25) is 0 Å². The molecule has 0 saturated carbocycles. The third-order valence-electron chi connectivity index (χ3n) is 2.34. The molecule has 2 aromatic rings. The maximum atomic E-state index is 11.5. The lowest BCUT2D eigenvalue weighted by atomic mass is 10.1. The van der Waals surface area contributed by atoms with Crippen LogP contribution in [0.15, 0.2) is 46.1 Å². The largest absolute Gasteiger partial charge is 0.422 e. The smallest absolute Gasteiger partial charge is 0.347 e. The topological polar surface area (TPSA) is 47.3 Å². The molecule has 3 heteroatoms. The minimum Gasteiger partial charge on any atom is -0.422 e. The molecule has 0 amide bonds. The Balaban J connectivity index is 2.77. The Morgan fingerprint density at radius 3 is 2.81 bits per heavy atom. The number of hydrogen-bond acceptors (Lipinski definition) is 3. The minimum absolute atomic E-state index is 0.0198. The van der Waals surface area contributed by atoms with E-state index in [0.29, 0.717) is 5.58 Å². The molecule has 0 aliphatic carbocycles. The average Bonchev–Trinajstić information content (AvgIpc) is 2.27. The number of ketones is 1. The van der Waals surface area contributed by atoms with E-state index in [1.54, 1.807) is 6.07 Å². The zero-order chi connectivity index (χ0) is 11.7. The number of benzene rings is 1. The third-order valence-corrected chi connectivity index (χ3v) is 2.34. The quantitative estimate of drug-likeness (QED) is 0.438. The lowest BCUT2D eigenvalue weighted by molar-refractivity contribution is 0.104. The Labute approximate surface area is 92.0 Å². The summed E-state index contributed by atoms with van der Waals surface area (Å²) in [4.78, 5) is 22.9. The predicted molar refractivity (Wildman–Crippen MR) is 61.7 cm³/mol. The van der Waals surface area contributed by atoms with Crippen LogP contribution >= 0.6 is 0 Å².